The SMILES string of the molecule is c1ccc(-c2cccc(-c3ccc(N(c4ccc5c(c4)C(c4ccccc4)(c4ccccc4)c4ccccc4-5)c4ccccc4-c4cccc5c4oc4c6ccccc6ccc54)cc3)c2)cc1. The number of nitrogens with zero attached hydrogens (tertiary/aromatic N) is 1. The monoisotopic (exact) mass is 853 g/mol. The van der Waals surface area contributed by atoms with Crippen LogP contribution in [0.25, 0.3) is 77.2 Å². The molecule has 0 saturated carbocycles. The van der Waals surface area contributed by atoms with Crippen molar-refractivity contribution in [2.24, 2.45) is 0 Å². The lowest BCUT2D eigenvalue weighted by Crippen LogP contribution is -2.28. The van der Waals surface area contributed by atoms with E-state index in [9.17, 15) is 0 Å². The van der Waals surface area contributed by atoms with Crippen molar-refractivity contribution < 1.29 is 4.42 Å². The van der Waals surface area contributed by atoms with Gasteiger partial charge in [0.1, 0.15) is 11.2 Å². The maximum atomic E-state index is 7.01. The highest BCUT2D eigenvalue weighted by atomic mass is 16.3. The molecule has 0 spiro atoms. The lowest BCUT2D eigenvalue weighted by Gasteiger charge is -2.35. The zero-order chi connectivity index (χ0) is 44.3. The smallest absolute Gasteiger partial charge is 0.143 e. The molecule has 314 valence electrons. The molecule has 0 bridgehead atoms. The second kappa shape index (κ2) is 15.8. The molecule has 67 heavy (non-hydrogen) atoms. The number of benzene rings is 11. The number of hydrogen-bond donors (Lipinski definition) is 0. The molecule has 1 heterocycles. The van der Waals surface area contributed by atoms with Crippen LogP contribution in [-0.4, -0.2) is 0 Å². The Morgan fingerprint density at radius 1 is 0.299 bits per heavy atom. The number of para-hydroxylation sites is 2. The van der Waals surface area contributed by atoms with Gasteiger partial charge in [0.25, 0.3) is 0 Å². The third-order valence-electron chi connectivity index (χ3n) is 14.0. The van der Waals surface area contributed by atoms with E-state index in [1.165, 1.54) is 55.5 Å². The van der Waals surface area contributed by atoms with Gasteiger partial charge in [-0.3, -0.25) is 0 Å². The van der Waals surface area contributed by atoms with Crippen molar-refractivity contribution in [1.82, 2.24) is 0 Å². The van der Waals surface area contributed by atoms with Crippen LogP contribution in [0.2, 0.25) is 0 Å². The fourth-order valence-electron chi connectivity index (χ4n) is 10.9. The topological polar surface area (TPSA) is 16.4 Å². The summed E-state index contributed by atoms with van der Waals surface area (Å²) in [5, 5.41) is 4.50. The molecule has 0 atom stereocenters. The summed E-state index contributed by atoms with van der Waals surface area (Å²) < 4.78 is 7.01. The molecule has 12 aromatic rings. The largest absolute Gasteiger partial charge is 0.455 e. The molecule has 2 heteroatoms. The standard InChI is InChI=1S/C65H43NO/c1-4-18-44(19-5-1)47-21-16-22-48(42-47)45-34-37-51(38-35-45)66(62-33-15-13-29-56(62)57-30-17-31-58-59-40-36-46-20-10-11-27-53(46)63(59)67-64(57)58)52-39-41-55-54-28-12-14-32-60(54)65(61(55)43-52,49-23-6-2-7-24-49)50-25-8-3-9-26-50/h1-43H. The highest BCUT2D eigenvalue weighted by molar-refractivity contribution is 6.17. The Hall–Kier alpha value is -8.72. The summed E-state index contributed by atoms with van der Waals surface area (Å²) in [4.78, 5) is 2.44. The third kappa shape index (κ3) is 6.18. The molecule has 0 radical (unpaired) electrons. The molecular formula is C65H43NO. The summed E-state index contributed by atoms with van der Waals surface area (Å²) in [6, 6.07) is 95.0. The van der Waals surface area contributed by atoms with Crippen LogP contribution < -0.4 is 4.90 Å². The molecule has 0 amide bonds. The van der Waals surface area contributed by atoms with E-state index in [-0.39, 0.29) is 0 Å². The van der Waals surface area contributed by atoms with Gasteiger partial charge in [0.05, 0.1) is 11.1 Å². The van der Waals surface area contributed by atoms with Crippen LogP contribution in [0.1, 0.15) is 22.3 Å². The Kier molecular flexibility index (Phi) is 9.11. The van der Waals surface area contributed by atoms with Crippen molar-refractivity contribution >= 4 is 49.8 Å². The lowest BCUT2D eigenvalue weighted by atomic mass is 9.67. The minimum absolute atomic E-state index is 0.550. The molecule has 1 aliphatic carbocycles. The molecule has 0 aliphatic heterocycles. The molecule has 0 unspecified atom stereocenters. The molecule has 1 aromatic heterocycles. The van der Waals surface area contributed by atoms with E-state index in [1.54, 1.807) is 0 Å². The fraction of sp³-hybridized carbons (Fsp3) is 0.0154. The zero-order valence-corrected chi connectivity index (χ0v) is 36.7. The minimum Gasteiger partial charge on any atom is -0.455 e. The van der Waals surface area contributed by atoms with Crippen molar-refractivity contribution in [3.05, 3.63) is 283 Å². The quantitative estimate of drug-likeness (QED) is 0.151. The Morgan fingerprint density at radius 3 is 1.60 bits per heavy atom. The number of hydrogen-bond acceptors (Lipinski definition) is 2. The van der Waals surface area contributed by atoms with Crippen molar-refractivity contribution in [2.45, 2.75) is 5.41 Å². The van der Waals surface area contributed by atoms with Gasteiger partial charge in [-0.25, -0.2) is 0 Å². The molecule has 1 aliphatic rings. The average Bonchev–Trinajstić information content (AvgIpc) is 3.94. The predicted octanol–water partition coefficient (Wildman–Crippen LogP) is 17.6. The highest BCUT2D eigenvalue weighted by Gasteiger charge is 2.46. The van der Waals surface area contributed by atoms with Gasteiger partial charge >= 0.3 is 0 Å². The Morgan fingerprint density at radius 2 is 0.836 bits per heavy atom. The van der Waals surface area contributed by atoms with Crippen LogP contribution in [0.5, 0.6) is 0 Å². The van der Waals surface area contributed by atoms with Crippen molar-refractivity contribution in [1.29, 1.82) is 0 Å². The maximum Gasteiger partial charge on any atom is 0.143 e. The molecule has 2 nitrogen and oxygen atoms in total. The van der Waals surface area contributed by atoms with Crippen LogP contribution >= 0.6 is 0 Å². The zero-order valence-electron chi connectivity index (χ0n) is 36.7. The van der Waals surface area contributed by atoms with E-state index >= 15 is 0 Å². The van der Waals surface area contributed by atoms with Gasteiger partial charge in [0.15, 0.2) is 0 Å². The average molecular weight is 854 g/mol. The second-order valence-corrected chi connectivity index (χ2v) is 17.6. The van der Waals surface area contributed by atoms with E-state index in [0.717, 1.165) is 61.1 Å². The van der Waals surface area contributed by atoms with E-state index in [1.807, 2.05) is 0 Å². The summed E-state index contributed by atoms with van der Waals surface area (Å²) in [5.74, 6) is 0. The maximum absolute atomic E-state index is 7.01. The summed E-state index contributed by atoms with van der Waals surface area (Å²) in [6.45, 7) is 0. The van der Waals surface area contributed by atoms with E-state index < -0.39 is 5.41 Å². The Labute approximate surface area is 390 Å². The van der Waals surface area contributed by atoms with Crippen molar-refractivity contribution in [2.75, 3.05) is 4.90 Å². The number of rotatable bonds is 8. The first-order chi connectivity index (χ1) is 33.2. The normalized spacial score (nSPS) is 12.6. The minimum atomic E-state index is -0.550. The van der Waals surface area contributed by atoms with Gasteiger partial charge in [0.2, 0.25) is 0 Å². The van der Waals surface area contributed by atoms with E-state index in [0.29, 0.717) is 0 Å². The number of furan rings is 1. The van der Waals surface area contributed by atoms with Gasteiger partial charge in [-0.05, 0) is 103 Å². The van der Waals surface area contributed by atoms with Crippen molar-refractivity contribution in [3.8, 4) is 44.5 Å². The fourth-order valence-corrected chi connectivity index (χ4v) is 10.9. The summed E-state index contributed by atoms with van der Waals surface area (Å²) >= 11 is 0. The second-order valence-electron chi connectivity index (χ2n) is 17.6. The lowest BCUT2D eigenvalue weighted by molar-refractivity contribution is 0.674. The van der Waals surface area contributed by atoms with Gasteiger partial charge in [0, 0.05) is 38.7 Å². The first-order valence-corrected chi connectivity index (χ1v) is 23.1. The molecule has 0 fully saturated rings. The van der Waals surface area contributed by atoms with Crippen molar-refractivity contribution in [3.63, 3.8) is 0 Å². The van der Waals surface area contributed by atoms with Gasteiger partial charge < -0.3 is 9.32 Å². The highest BCUT2D eigenvalue weighted by Crippen LogP contribution is 2.57. The first kappa shape index (κ1) is 38.7. The van der Waals surface area contributed by atoms with Gasteiger partial charge in [-0.1, -0.05) is 218 Å². The molecule has 11 aromatic carbocycles. The van der Waals surface area contributed by atoms with Crippen LogP contribution in [0.4, 0.5) is 17.1 Å². The first-order valence-electron chi connectivity index (χ1n) is 23.1. The van der Waals surface area contributed by atoms with Crippen LogP contribution in [0, 0.1) is 0 Å². The number of fused-ring (bicyclic) bond motifs is 8. The molecule has 0 saturated heterocycles. The van der Waals surface area contributed by atoms with Crippen LogP contribution in [0.3, 0.4) is 0 Å². The predicted molar refractivity (Wildman–Crippen MR) is 280 cm³/mol. The van der Waals surface area contributed by atoms with Crippen LogP contribution in [-0.2, 0) is 5.41 Å². The third-order valence-corrected chi connectivity index (χ3v) is 14.0. The van der Waals surface area contributed by atoms with E-state index in [2.05, 4.69) is 266 Å². The number of anilines is 3. The summed E-state index contributed by atoms with van der Waals surface area (Å²) in [6.07, 6.45) is 0. The summed E-state index contributed by atoms with van der Waals surface area (Å²) in [5.41, 5.74) is 18.8. The molecule has 13 rings (SSSR count). The summed E-state index contributed by atoms with van der Waals surface area (Å²) in [7, 11) is 0. The Balaban J connectivity index is 1.04. The van der Waals surface area contributed by atoms with Gasteiger partial charge in [-0.2, -0.15) is 0 Å². The van der Waals surface area contributed by atoms with Crippen LogP contribution in [0.15, 0.2) is 265 Å². The van der Waals surface area contributed by atoms with E-state index in [4.69, 9.17) is 4.42 Å². The molecule has 0 N–H and O–H groups in total. The van der Waals surface area contributed by atoms with Gasteiger partial charge in [-0.15, -0.1) is 0 Å². The molecular weight excluding hydrogens is 811 g/mol. The Bertz CT molecular complexity index is 3760.